The lowest BCUT2D eigenvalue weighted by Gasteiger charge is -2.19. The van der Waals surface area contributed by atoms with Crippen molar-refractivity contribution in [2.24, 2.45) is 4.99 Å². The Bertz CT molecular complexity index is 696. The van der Waals surface area contributed by atoms with Crippen LogP contribution in [0.1, 0.15) is 22.3 Å². The van der Waals surface area contributed by atoms with Gasteiger partial charge in [0.1, 0.15) is 12.4 Å². The molecule has 2 aromatic rings. The number of Topliss-reactive ketones (excluding diaryl/α,β-unsaturated/α-hetero) is 1. The van der Waals surface area contributed by atoms with E-state index in [1.54, 1.807) is 24.3 Å². The number of ketones is 1. The zero-order valence-corrected chi connectivity index (χ0v) is 13.5. The lowest BCUT2D eigenvalue weighted by molar-refractivity contribution is 0.100. The largest absolute Gasteiger partial charge is 0.344 e. The van der Waals surface area contributed by atoms with Crippen LogP contribution in [0.2, 0.25) is 5.02 Å². The van der Waals surface area contributed by atoms with Crippen molar-refractivity contribution >= 4 is 41.3 Å². The van der Waals surface area contributed by atoms with E-state index in [1.165, 1.54) is 5.56 Å². The lowest BCUT2D eigenvalue weighted by atomic mass is 10.0. The molecular formula is C17H16Cl2N2O. The minimum absolute atomic E-state index is 0. The number of fused-ring (bicyclic) bond motifs is 1. The second kappa shape index (κ2) is 7.43. The summed E-state index contributed by atoms with van der Waals surface area (Å²) in [4.78, 5) is 16.5. The molecule has 22 heavy (non-hydrogen) atoms. The minimum Gasteiger partial charge on any atom is -0.344 e. The molecule has 0 unspecified atom stereocenters. The van der Waals surface area contributed by atoms with Gasteiger partial charge in [-0.1, -0.05) is 29.8 Å². The summed E-state index contributed by atoms with van der Waals surface area (Å²) in [5.74, 6) is 0.871. The van der Waals surface area contributed by atoms with Gasteiger partial charge in [-0.15, -0.1) is 12.4 Å². The third-order valence-electron chi connectivity index (χ3n) is 3.51. The van der Waals surface area contributed by atoms with Crippen molar-refractivity contribution in [3.8, 4) is 0 Å². The van der Waals surface area contributed by atoms with Crippen LogP contribution in [0.5, 0.6) is 0 Å². The van der Waals surface area contributed by atoms with Gasteiger partial charge in [0.2, 0.25) is 0 Å². The smallest absolute Gasteiger partial charge is 0.184 e. The number of amidine groups is 1. The van der Waals surface area contributed by atoms with Crippen LogP contribution in [-0.4, -0.2) is 18.2 Å². The van der Waals surface area contributed by atoms with Crippen LogP contribution in [-0.2, 0) is 6.42 Å². The van der Waals surface area contributed by atoms with Gasteiger partial charge in [-0.25, -0.2) is 0 Å². The first-order chi connectivity index (χ1) is 10.2. The number of hydrogen-bond donors (Lipinski definition) is 1. The highest BCUT2D eigenvalue weighted by Crippen LogP contribution is 2.22. The number of carbonyl (C=O) groups excluding carboxylic acids is 1. The van der Waals surface area contributed by atoms with Crippen LogP contribution < -0.4 is 5.32 Å². The zero-order chi connectivity index (χ0) is 14.7. The molecule has 0 bridgehead atoms. The standard InChI is InChI=1S/C17H15ClN2O.ClH/c18-14-8-5-13(6-9-14)16(21)11-19-17-10-7-12-3-1-2-4-15(12)20-17;/h1-6,8-9H,7,10-11H2,(H,19,20);1H. The highest BCUT2D eigenvalue weighted by atomic mass is 35.5. The molecule has 0 saturated heterocycles. The number of hydrogen-bond acceptors (Lipinski definition) is 2. The Balaban J connectivity index is 0.00000176. The average molecular weight is 335 g/mol. The molecule has 0 spiro atoms. The Kier molecular flexibility index (Phi) is 5.58. The summed E-state index contributed by atoms with van der Waals surface area (Å²) in [6.07, 6.45) is 1.79. The summed E-state index contributed by atoms with van der Waals surface area (Å²) >= 11 is 5.81. The predicted octanol–water partition coefficient (Wildman–Crippen LogP) is 4.40. The number of benzene rings is 2. The average Bonchev–Trinajstić information content (AvgIpc) is 2.53. The number of halogens is 2. The minimum atomic E-state index is -0.000162. The van der Waals surface area contributed by atoms with Crippen molar-refractivity contribution in [3.63, 3.8) is 0 Å². The molecule has 2 aromatic carbocycles. The summed E-state index contributed by atoms with van der Waals surface area (Å²) in [5, 5.41) is 3.92. The summed E-state index contributed by atoms with van der Waals surface area (Å²) in [5.41, 5.74) is 3.02. The molecule has 0 amide bonds. The van der Waals surface area contributed by atoms with Crippen molar-refractivity contribution in [1.29, 1.82) is 0 Å². The van der Waals surface area contributed by atoms with Crippen molar-refractivity contribution in [2.45, 2.75) is 12.8 Å². The Morgan fingerprint density at radius 3 is 2.59 bits per heavy atom. The number of nitrogens with one attached hydrogen (secondary N) is 1. The molecule has 0 atom stereocenters. The maximum atomic E-state index is 12.1. The molecule has 0 saturated carbocycles. The Morgan fingerprint density at radius 1 is 1.09 bits per heavy atom. The van der Waals surface area contributed by atoms with E-state index in [0.717, 1.165) is 24.4 Å². The maximum absolute atomic E-state index is 12.1. The zero-order valence-electron chi connectivity index (χ0n) is 11.9. The first kappa shape index (κ1) is 16.5. The summed E-state index contributed by atoms with van der Waals surface area (Å²) < 4.78 is 0. The lowest BCUT2D eigenvalue weighted by Crippen LogP contribution is -2.21. The molecule has 0 aliphatic carbocycles. The molecule has 1 N–H and O–H groups in total. The van der Waals surface area contributed by atoms with E-state index in [1.807, 2.05) is 18.2 Å². The van der Waals surface area contributed by atoms with E-state index >= 15 is 0 Å². The van der Waals surface area contributed by atoms with Gasteiger partial charge in [0, 0.05) is 22.7 Å². The van der Waals surface area contributed by atoms with Gasteiger partial charge in [-0.3, -0.25) is 9.79 Å². The molecule has 0 aromatic heterocycles. The van der Waals surface area contributed by atoms with Gasteiger partial charge >= 0.3 is 0 Å². The number of aryl methyl sites for hydroxylation is 1. The van der Waals surface area contributed by atoms with E-state index in [-0.39, 0.29) is 24.7 Å². The fraction of sp³-hybridized carbons (Fsp3) is 0.176. The second-order valence-corrected chi connectivity index (χ2v) is 5.41. The van der Waals surface area contributed by atoms with E-state index in [0.29, 0.717) is 10.6 Å². The monoisotopic (exact) mass is 334 g/mol. The quantitative estimate of drug-likeness (QED) is 0.845. The number of carbonyl (C=O) groups is 1. The molecule has 1 aliphatic heterocycles. The normalized spacial score (nSPS) is 14.7. The van der Waals surface area contributed by atoms with Crippen LogP contribution >= 0.6 is 24.0 Å². The third-order valence-corrected chi connectivity index (χ3v) is 3.76. The molecule has 114 valence electrons. The molecule has 3 nitrogen and oxygen atoms in total. The highest BCUT2D eigenvalue weighted by molar-refractivity contribution is 6.30. The topological polar surface area (TPSA) is 41.5 Å². The molecule has 3 rings (SSSR count). The SMILES string of the molecule is Cl.O=C(CN=C1CCc2ccccc2N1)c1ccc(Cl)cc1. The number of nitrogens with zero attached hydrogens (tertiary/aromatic N) is 1. The van der Waals surface area contributed by atoms with Crippen LogP contribution in [0, 0.1) is 0 Å². The van der Waals surface area contributed by atoms with Crippen LogP contribution in [0.15, 0.2) is 53.5 Å². The number of para-hydroxylation sites is 1. The number of aliphatic imine (C=N–C) groups is 1. The molecular weight excluding hydrogens is 319 g/mol. The van der Waals surface area contributed by atoms with Crippen molar-refractivity contribution in [2.75, 3.05) is 11.9 Å². The fourth-order valence-electron chi connectivity index (χ4n) is 2.34. The van der Waals surface area contributed by atoms with Crippen LogP contribution in [0.3, 0.4) is 0 Å². The highest BCUT2D eigenvalue weighted by Gasteiger charge is 2.13. The van der Waals surface area contributed by atoms with E-state index in [9.17, 15) is 4.79 Å². The van der Waals surface area contributed by atoms with E-state index < -0.39 is 0 Å². The van der Waals surface area contributed by atoms with Crippen LogP contribution in [0.4, 0.5) is 5.69 Å². The maximum Gasteiger partial charge on any atom is 0.184 e. The van der Waals surface area contributed by atoms with Gasteiger partial charge in [-0.05, 0) is 42.3 Å². The second-order valence-electron chi connectivity index (χ2n) is 4.98. The van der Waals surface area contributed by atoms with Gasteiger partial charge in [0.15, 0.2) is 5.78 Å². The molecule has 0 radical (unpaired) electrons. The summed E-state index contributed by atoms with van der Waals surface area (Å²) in [6, 6.07) is 15.1. The van der Waals surface area contributed by atoms with Gasteiger partial charge in [0.25, 0.3) is 0 Å². The van der Waals surface area contributed by atoms with E-state index in [4.69, 9.17) is 11.6 Å². The number of anilines is 1. The van der Waals surface area contributed by atoms with Crippen molar-refractivity contribution in [3.05, 3.63) is 64.7 Å². The predicted molar refractivity (Wildman–Crippen MR) is 93.7 cm³/mol. The van der Waals surface area contributed by atoms with Crippen LogP contribution in [0.25, 0.3) is 0 Å². The van der Waals surface area contributed by atoms with Gasteiger partial charge < -0.3 is 5.32 Å². The number of rotatable bonds is 3. The Hall–Kier alpha value is -1.84. The first-order valence-electron chi connectivity index (χ1n) is 6.89. The fourth-order valence-corrected chi connectivity index (χ4v) is 2.47. The summed E-state index contributed by atoms with van der Waals surface area (Å²) in [7, 11) is 0. The van der Waals surface area contributed by atoms with Gasteiger partial charge in [-0.2, -0.15) is 0 Å². The first-order valence-corrected chi connectivity index (χ1v) is 7.27. The van der Waals surface area contributed by atoms with E-state index in [2.05, 4.69) is 16.4 Å². The molecule has 5 heteroatoms. The van der Waals surface area contributed by atoms with Crippen molar-refractivity contribution < 1.29 is 4.79 Å². The van der Waals surface area contributed by atoms with Crippen molar-refractivity contribution in [1.82, 2.24) is 0 Å². The molecule has 0 fully saturated rings. The van der Waals surface area contributed by atoms with Gasteiger partial charge in [0.05, 0.1) is 0 Å². The Morgan fingerprint density at radius 2 is 1.82 bits per heavy atom. The third kappa shape index (κ3) is 3.87. The Labute approximate surface area is 140 Å². The summed E-state index contributed by atoms with van der Waals surface area (Å²) in [6.45, 7) is 0.159. The molecule has 1 heterocycles. The molecule has 1 aliphatic rings.